The molecule has 0 heterocycles. The molecule has 21 heavy (non-hydrogen) atoms. The van der Waals surface area contributed by atoms with Gasteiger partial charge in [0.25, 0.3) is 0 Å². The number of aliphatic carboxylic acids is 1. The second kappa shape index (κ2) is 6.61. The Hall–Kier alpha value is -1.35. The molecule has 3 heteroatoms. The summed E-state index contributed by atoms with van der Waals surface area (Å²) in [5, 5.41) is 12.9. The van der Waals surface area contributed by atoms with Gasteiger partial charge in [0, 0.05) is 12.1 Å². The summed E-state index contributed by atoms with van der Waals surface area (Å²) in [7, 11) is 0. The van der Waals surface area contributed by atoms with Crippen LogP contribution in [-0.2, 0) is 4.79 Å². The second-order valence-electron chi connectivity index (χ2n) is 6.60. The van der Waals surface area contributed by atoms with E-state index in [1.54, 1.807) is 0 Å². The number of rotatable bonds is 4. The predicted octanol–water partition coefficient (Wildman–Crippen LogP) is 3.91. The molecule has 3 nitrogen and oxygen atoms in total. The molecule has 3 unspecified atom stereocenters. The zero-order chi connectivity index (χ0) is 15.6. The lowest BCUT2D eigenvalue weighted by Gasteiger charge is -2.31. The molecule has 0 aliphatic heterocycles. The number of benzene rings is 1. The van der Waals surface area contributed by atoms with E-state index in [0.29, 0.717) is 6.04 Å². The first-order chi connectivity index (χ1) is 9.88. The molecule has 0 saturated heterocycles. The van der Waals surface area contributed by atoms with Gasteiger partial charge in [-0.05, 0) is 63.6 Å². The number of carbonyl (C=O) groups is 1. The maximum absolute atomic E-state index is 11.2. The van der Waals surface area contributed by atoms with Crippen LogP contribution in [0.1, 0.15) is 60.9 Å². The predicted molar refractivity (Wildman–Crippen MR) is 85.6 cm³/mol. The number of hydrogen-bond donors (Lipinski definition) is 2. The second-order valence-corrected chi connectivity index (χ2v) is 6.60. The zero-order valence-electron chi connectivity index (χ0n) is 13.6. The third-order valence-electron chi connectivity index (χ3n) is 4.68. The third kappa shape index (κ3) is 3.85. The lowest BCUT2D eigenvalue weighted by Crippen LogP contribution is -2.38. The van der Waals surface area contributed by atoms with E-state index >= 15 is 0 Å². The Bertz CT molecular complexity index is 501. The van der Waals surface area contributed by atoms with Crippen molar-refractivity contribution in [1.29, 1.82) is 0 Å². The van der Waals surface area contributed by atoms with Crippen molar-refractivity contribution in [3.05, 3.63) is 34.4 Å². The fourth-order valence-corrected chi connectivity index (χ4v) is 3.88. The molecule has 1 aromatic carbocycles. The average Bonchev–Trinajstić information content (AvgIpc) is 2.37. The van der Waals surface area contributed by atoms with Crippen LogP contribution in [-0.4, -0.2) is 17.1 Å². The summed E-state index contributed by atoms with van der Waals surface area (Å²) in [6, 6.07) is 5.03. The molecule has 2 N–H and O–H groups in total. The lowest BCUT2D eigenvalue weighted by atomic mass is 9.85. The minimum absolute atomic E-state index is 0.177. The SMILES string of the molecule is Cc1cc(C)c(C(C)NC2CCCC(C(=O)O)C2)c(C)c1. The van der Waals surface area contributed by atoms with E-state index in [0.717, 1.165) is 25.7 Å². The van der Waals surface area contributed by atoms with E-state index in [9.17, 15) is 9.90 Å². The van der Waals surface area contributed by atoms with Gasteiger partial charge >= 0.3 is 5.97 Å². The number of carboxylic acids is 1. The van der Waals surface area contributed by atoms with Crippen LogP contribution in [0, 0.1) is 26.7 Å². The van der Waals surface area contributed by atoms with Crippen molar-refractivity contribution in [2.75, 3.05) is 0 Å². The molecule has 2 rings (SSSR count). The van der Waals surface area contributed by atoms with Crippen LogP contribution in [0.4, 0.5) is 0 Å². The first kappa shape index (κ1) is 16.0. The molecule has 0 radical (unpaired) electrons. The number of nitrogens with one attached hydrogen (secondary N) is 1. The Morgan fingerprint density at radius 1 is 1.24 bits per heavy atom. The van der Waals surface area contributed by atoms with Gasteiger partial charge in [-0.3, -0.25) is 4.79 Å². The molecule has 0 aromatic heterocycles. The largest absolute Gasteiger partial charge is 0.481 e. The third-order valence-corrected chi connectivity index (χ3v) is 4.68. The van der Waals surface area contributed by atoms with Gasteiger partial charge in [-0.1, -0.05) is 24.1 Å². The first-order valence-corrected chi connectivity index (χ1v) is 7.95. The van der Waals surface area contributed by atoms with E-state index < -0.39 is 5.97 Å². The Morgan fingerprint density at radius 2 is 1.86 bits per heavy atom. The van der Waals surface area contributed by atoms with Crippen LogP contribution >= 0.6 is 0 Å². The summed E-state index contributed by atoms with van der Waals surface area (Å²) < 4.78 is 0. The van der Waals surface area contributed by atoms with Gasteiger partial charge in [0.2, 0.25) is 0 Å². The van der Waals surface area contributed by atoms with Crippen molar-refractivity contribution in [2.45, 2.75) is 65.5 Å². The Kier molecular flexibility index (Phi) is 5.04. The highest BCUT2D eigenvalue weighted by molar-refractivity contribution is 5.70. The van der Waals surface area contributed by atoms with Crippen LogP contribution in [0.25, 0.3) is 0 Å². The van der Waals surface area contributed by atoms with Crippen molar-refractivity contribution in [2.24, 2.45) is 5.92 Å². The number of aryl methyl sites for hydroxylation is 3. The molecule has 0 spiro atoms. The summed E-state index contributed by atoms with van der Waals surface area (Å²) in [4.78, 5) is 11.2. The average molecular weight is 289 g/mol. The monoisotopic (exact) mass is 289 g/mol. The van der Waals surface area contributed by atoms with Crippen molar-refractivity contribution < 1.29 is 9.90 Å². The maximum Gasteiger partial charge on any atom is 0.306 e. The van der Waals surface area contributed by atoms with Crippen LogP contribution in [0.3, 0.4) is 0 Å². The first-order valence-electron chi connectivity index (χ1n) is 7.95. The molecule has 1 fully saturated rings. The van der Waals surface area contributed by atoms with Crippen LogP contribution in [0.2, 0.25) is 0 Å². The van der Waals surface area contributed by atoms with Gasteiger partial charge in [-0.15, -0.1) is 0 Å². The topological polar surface area (TPSA) is 49.3 Å². The standard InChI is InChI=1S/C18H27NO2/c1-11-8-12(2)17(13(3)9-11)14(4)19-16-7-5-6-15(10-16)18(20)21/h8-9,14-16,19H,5-7,10H2,1-4H3,(H,20,21). The Morgan fingerprint density at radius 3 is 2.43 bits per heavy atom. The Labute approximate surface area is 127 Å². The van der Waals surface area contributed by atoms with E-state index in [2.05, 4.69) is 45.1 Å². The van der Waals surface area contributed by atoms with Crippen LogP contribution in [0.15, 0.2) is 12.1 Å². The quantitative estimate of drug-likeness (QED) is 0.883. The molecule has 3 atom stereocenters. The normalized spacial score (nSPS) is 23.8. The molecule has 1 saturated carbocycles. The number of carboxylic acid groups (broad SMARTS) is 1. The summed E-state index contributed by atoms with van der Waals surface area (Å²) in [5.41, 5.74) is 5.29. The lowest BCUT2D eigenvalue weighted by molar-refractivity contribution is -0.143. The van der Waals surface area contributed by atoms with Gasteiger partial charge in [-0.25, -0.2) is 0 Å². The van der Waals surface area contributed by atoms with Gasteiger partial charge in [0.15, 0.2) is 0 Å². The minimum Gasteiger partial charge on any atom is -0.481 e. The summed E-state index contributed by atoms with van der Waals surface area (Å²) in [6.45, 7) is 8.64. The van der Waals surface area contributed by atoms with Gasteiger partial charge in [0.1, 0.15) is 0 Å². The van der Waals surface area contributed by atoms with Crippen LogP contribution in [0.5, 0.6) is 0 Å². The van der Waals surface area contributed by atoms with Gasteiger partial charge in [-0.2, -0.15) is 0 Å². The van der Waals surface area contributed by atoms with E-state index in [1.165, 1.54) is 22.3 Å². The Balaban J connectivity index is 2.08. The summed E-state index contributed by atoms with van der Waals surface area (Å²) >= 11 is 0. The highest BCUT2D eigenvalue weighted by Gasteiger charge is 2.28. The highest BCUT2D eigenvalue weighted by atomic mass is 16.4. The van der Waals surface area contributed by atoms with Crippen molar-refractivity contribution in [1.82, 2.24) is 5.32 Å². The highest BCUT2D eigenvalue weighted by Crippen LogP contribution is 2.28. The van der Waals surface area contributed by atoms with Crippen molar-refractivity contribution in [3.63, 3.8) is 0 Å². The molecule has 1 aliphatic rings. The summed E-state index contributed by atoms with van der Waals surface area (Å²) in [5.74, 6) is -0.819. The molecule has 0 amide bonds. The zero-order valence-corrected chi connectivity index (χ0v) is 13.6. The summed E-state index contributed by atoms with van der Waals surface area (Å²) in [6.07, 6.45) is 3.67. The van der Waals surface area contributed by atoms with Gasteiger partial charge < -0.3 is 10.4 Å². The van der Waals surface area contributed by atoms with Gasteiger partial charge in [0.05, 0.1) is 5.92 Å². The molecule has 1 aromatic rings. The number of hydrogen-bond acceptors (Lipinski definition) is 2. The molecule has 0 bridgehead atoms. The minimum atomic E-state index is -0.642. The van der Waals surface area contributed by atoms with Crippen molar-refractivity contribution >= 4 is 5.97 Å². The molecule has 1 aliphatic carbocycles. The molecular weight excluding hydrogens is 262 g/mol. The maximum atomic E-state index is 11.2. The van der Waals surface area contributed by atoms with Crippen LogP contribution < -0.4 is 5.32 Å². The fourth-order valence-electron chi connectivity index (χ4n) is 3.88. The van der Waals surface area contributed by atoms with E-state index in [-0.39, 0.29) is 12.0 Å². The molecule has 116 valence electrons. The smallest absolute Gasteiger partial charge is 0.306 e. The van der Waals surface area contributed by atoms with E-state index in [4.69, 9.17) is 0 Å². The fraction of sp³-hybridized carbons (Fsp3) is 0.611. The molecular formula is C18H27NO2. The van der Waals surface area contributed by atoms with Crippen molar-refractivity contribution in [3.8, 4) is 0 Å². The van der Waals surface area contributed by atoms with E-state index in [1.807, 2.05) is 0 Å².